The van der Waals surface area contributed by atoms with Gasteiger partial charge >= 0.3 is 0 Å². The van der Waals surface area contributed by atoms with Crippen LogP contribution in [-0.4, -0.2) is 80.8 Å². The number of ether oxygens (including phenoxy) is 2. The normalized spacial score (nSPS) is 18.5. The Labute approximate surface area is 191 Å². The largest absolute Gasteiger partial charge is 0.493 e. The lowest BCUT2D eigenvalue weighted by Gasteiger charge is -2.38. The SMILES string of the molecule is C=CCc1ccc(OCC(=O)N2CCN(S(=O)(=O)N(C)C3CCCCC3)CC2)c(OC)c1. The lowest BCUT2D eigenvalue weighted by Crippen LogP contribution is -2.55. The molecule has 0 radical (unpaired) electrons. The molecule has 1 aliphatic carbocycles. The fourth-order valence-corrected chi connectivity index (χ4v) is 5.92. The van der Waals surface area contributed by atoms with Crippen molar-refractivity contribution in [2.75, 3.05) is 46.9 Å². The van der Waals surface area contributed by atoms with Crippen molar-refractivity contribution in [3.8, 4) is 11.5 Å². The van der Waals surface area contributed by atoms with Crippen LogP contribution in [0, 0.1) is 0 Å². The maximum atomic E-state index is 13.0. The Balaban J connectivity index is 1.51. The second kappa shape index (κ2) is 11.2. The van der Waals surface area contributed by atoms with Crippen molar-refractivity contribution in [2.45, 2.75) is 44.6 Å². The molecule has 1 aromatic rings. The fourth-order valence-electron chi connectivity index (χ4n) is 4.34. The van der Waals surface area contributed by atoms with Crippen molar-refractivity contribution in [3.05, 3.63) is 36.4 Å². The zero-order chi connectivity index (χ0) is 23.1. The number of nitrogens with zero attached hydrogens (tertiary/aromatic N) is 3. The van der Waals surface area contributed by atoms with Crippen LogP contribution in [0.2, 0.25) is 0 Å². The van der Waals surface area contributed by atoms with Crippen LogP contribution in [0.3, 0.4) is 0 Å². The first-order chi connectivity index (χ1) is 15.4. The maximum Gasteiger partial charge on any atom is 0.282 e. The Morgan fingerprint density at radius 2 is 1.84 bits per heavy atom. The first-order valence-corrected chi connectivity index (χ1v) is 12.7. The molecule has 0 bridgehead atoms. The summed E-state index contributed by atoms with van der Waals surface area (Å²) in [5.41, 5.74) is 1.05. The van der Waals surface area contributed by atoms with Crippen molar-refractivity contribution in [1.82, 2.24) is 13.5 Å². The summed E-state index contributed by atoms with van der Waals surface area (Å²) in [4.78, 5) is 14.3. The summed E-state index contributed by atoms with van der Waals surface area (Å²) in [7, 11) is -0.264. The second-order valence-electron chi connectivity index (χ2n) is 8.36. The van der Waals surface area contributed by atoms with Gasteiger partial charge in [-0.1, -0.05) is 31.4 Å². The summed E-state index contributed by atoms with van der Waals surface area (Å²) in [5, 5.41) is 0. The van der Waals surface area contributed by atoms with Gasteiger partial charge in [-0.15, -0.1) is 6.58 Å². The summed E-state index contributed by atoms with van der Waals surface area (Å²) >= 11 is 0. The van der Waals surface area contributed by atoms with Crippen LogP contribution in [0.4, 0.5) is 0 Å². The average molecular weight is 466 g/mol. The Morgan fingerprint density at radius 3 is 2.47 bits per heavy atom. The van der Waals surface area contributed by atoms with E-state index in [1.54, 1.807) is 25.1 Å². The highest BCUT2D eigenvalue weighted by Gasteiger charge is 2.35. The molecular formula is C23H35N3O5S. The van der Waals surface area contributed by atoms with Gasteiger partial charge in [-0.05, 0) is 37.0 Å². The predicted molar refractivity (Wildman–Crippen MR) is 124 cm³/mol. The Morgan fingerprint density at radius 1 is 1.16 bits per heavy atom. The van der Waals surface area contributed by atoms with E-state index in [1.165, 1.54) is 15.0 Å². The molecule has 2 fully saturated rings. The van der Waals surface area contributed by atoms with E-state index in [0.717, 1.165) is 37.7 Å². The summed E-state index contributed by atoms with van der Waals surface area (Å²) in [6, 6.07) is 5.65. The molecule has 0 aromatic heterocycles. The van der Waals surface area contributed by atoms with Crippen molar-refractivity contribution in [3.63, 3.8) is 0 Å². The van der Waals surface area contributed by atoms with Gasteiger partial charge in [0.25, 0.3) is 16.1 Å². The molecule has 1 saturated heterocycles. The molecule has 178 valence electrons. The van der Waals surface area contributed by atoms with Crippen molar-refractivity contribution in [2.24, 2.45) is 0 Å². The van der Waals surface area contributed by atoms with Crippen LogP contribution in [-0.2, 0) is 21.4 Å². The van der Waals surface area contributed by atoms with E-state index in [4.69, 9.17) is 9.47 Å². The smallest absolute Gasteiger partial charge is 0.282 e. The van der Waals surface area contributed by atoms with Crippen LogP contribution in [0.15, 0.2) is 30.9 Å². The minimum Gasteiger partial charge on any atom is -0.493 e. The lowest BCUT2D eigenvalue weighted by molar-refractivity contribution is -0.134. The van der Waals surface area contributed by atoms with E-state index in [-0.39, 0.29) is 18.6 Å². The van der Waals surface area contributed by atoms with Gasteiger partial charge in [0.2, 0.25) is 0 Å². The topological polar surface area (TPSA) is 79.4 Å². The molecule has 0 spiro atoms. The molecule has 8 nitrogen and oxygen atoms in total. The van der Waals surface area contributed by atoms with Crippen LogP contribution in [0.5, 0.6) is 11.5 Å². The second-order valence-corrected chi connectivity index (χ2v) is 10.4. The number of benzene rings is 1. The van der Waals surface area contributed by atoms with Gasteiger partial charge in [-0.3, -0.25) is 4.79 Å². The van der Waals surface area contributed by atoms with Gasteiger partial charge < -0.3 is 14.4 Å². The number of hydrogen-bond acceptors (Lipinski definition) is 5. The Bertz CT molecular complexity index is 891. The molecule has 1 heterocycles. The number of piperazine rings is 1. The van der Waals surface area contributed by atoms with Crippen LogP contribution < -0.4 is 9.47 Å². The third-order valence-electron chi connectivity index (χ3n) is 6.33. The molecule has 1 aliphatic heterocycles. The summed E-state index contributed by atoms with van der Waals surface area (Å²) < 4.78 is 40.1. The Kier molecular flexibility index (Phi) is 8.56. The van der Waals surface area contributed by atoms with Gasteiger partial charge in [0.15, 0.2) is 18.1 Å². The van der Waals surface area contributed by atoms with E-state index in [9.17, 15) is 13.2 Å². The Hall–Kier alpha value is -2.10. The molecular weight excluding hydrogens is 430 g/mol. The molecule has 1 saturated carbocycles. The molecule has 32 heavy (non-hydrogen) atoms. The van der Waals surface area contributed by atoms with Gasteiger partial charge in [0.05, 0.1) is 7.11 Å². The zero-order valence-electron chi connectivity index (χ0n) is 19.2. The number of allylic oxidation sites excluding steroid dienone is 1. The molecule has 0 atom stereocenters. The fraction of sp³-hybridized carbons (Fsp3) is 0.609. The molecule has 3 rings (SSSR count). The number of rotatable bonds is 9. The summed E-state index contributed by atoms with van der Waals surface area (Å²) in [5.74, 6) is 0.905. The quantitative estimate of drug-likeness (QED) is 0.524. The summed E-state index contributed by atoms with van der Waals surface area (Å²) in [6.07, 6.45) is 7.71. The highest BCUT2D eigenvalue weighted by atomic mass is 32.2. The molecule has 0 unspecified atom stereocenters. The van der Waals surface area contributed by atoms with Crippen LogP contribution in [0.1, 0.15) is 37.7 Å². The molecule has 1 aromatic carbocycles. The van der Waals surface area contributed by atoms with Gasteiger partial charge in [-0.2, -0.15) is 17.0 Å². The van der Waals surface area contributed by atoms with Gasteiger partial charge in [0.1, 0.15) is 0 Å². The first kappa shape index (κ1) is 24.5. The number of carbonyl (C=O) groups is 1. The lowest BCUT2D eigenvalue weighted by atomic mass is 9.96. The average Bonchev–Trinajstić information content (AvgIpc) is 2.83. The number of hydrogen-bond donors (Lipinski definition) is 0. The third-order valence-corrected chi connectivity index (χ3v) is 8.37. The predicted octanol–water partition coefficient (Wildman–Crippen LogP) is 2.46. The van der Waals surface area contributed by atoms with E-state index >= 15 is 0 Å². The van der Waals surface area contributed by atoms with E-state index < -0.39 is 10.2 Å². The first-order valence-electron chi connectivity index (χ1n) is 11.3. The molecule has 1 amide bonds. The van der Waals surface area contributed by atoms with Gasteiger partial charge in [0, 0.05) is 39.3 Å². The highest BCUT2D eigenvalue weighted by Crippen LogP contribution is 2.29. The van der Waals surface area contributed by atoms with E-state index in [0.29, 0.717) is 37.7 Å². The number of amides is 1. The van der Waals surface area contributed by atoms with E-state index in [2.05, 4.69) is 6.58 Å². The zero-order valence-corrected chi connectivity index (χ0v) is 20.0. The maximum absolute atomic E-state index is 13.0. The highest BCUT2D eigenvalue weighted by molar-refractivity contribution is 7.86. The van der Waals surface area contributed by atoms with Crippen molar-refractivity contribution < 1.29 is 22.7 Å². The monoisotopic (exact) mass is 465 g/mol. The number of methoxy groups -OCH3 is 1. The van der Waals surface area contributed by atoms with Crippen LogP contribution in [0.25, 0.3) is 0 Å². The minimum absolute atomic E-state index is 0.0784. The molecule has 0 N–H and O–H groups in total. The van der Waals surface area contributed by atoms with Crippen molar-refractivity contribution >= 4 is 16.1 Å². The molecule has 2 aliphatic rings. The number of carbonyl (C=O) groups excluding carboxylic acids is 1. The van der Waals surface area contributed by atoms with Gasteiger partial charge in [-0.25, -0.2) is 0 Å². The third kappa shape index (κ3) is 5.82. The summed E-state index contributed by atoms with van der Waals surface area (Å²) in [6.45, 7) is 4.92. The molecule has 9 heteroatoms. The van der Waals surface area contributed by atoms with Crippen molar-refractivity contribution in [1.29, 1.82) is 0 Å². The standard InChI is InChI=1S/C23H35N3O5S/c1-4-8-19-11-12-21(22(17-19)30-3)31-18-23(27)25-13-15-26(16-14-25)32(28,29)24(2)20-9-6-5-7-10-20/h4,11-12,17,20H,1,5-10,13-16,18H2,2-3H3. The minimum atomic E-state index is -3.51. The van der Waals surface area contributed by atoms with Crippen LogP contribution >= 0.6 is 0 Å². The van der Waals surface area contributed by atoms with E-state index in [1.807, 2.05) is 18.2 Å².